The zero-order valence-electron chi connectivity index (χ0n) is 12.2. The van der Waals surface area contributed by atoms with Crippen molar-refractivity contribution in [2.45, 2.75) is 12.3 Å². The first-order valence-corrected chi connectivity index (χ1v) is 8.20. The molecule has 1 aromatic heterocycles. The lowest BCUT2D eigenvalue weighted by molar-refractivity contribution is -0.116. The standard InChI is InChI=1S/C18H14BrN3O/c19-13-6-8-14(9-7-13)22-18-16(11-20-22)15(10-17(23)21-18)12-4-2-1-3-5-12/h1-9,11,15H,10H2,(H,21,23)/t15-/m0/s1. The molecule has 1 atom stereocenters. The molecule has 5 heteroatoms. The van der Waals surface area contributed by atoms with Gasteiger partial charge in [-0.25, -0.2) is 4.68 Å². The summed E-state index contributed by atoms with van der Waals surface area (Å²) in [6.45, 7) is 0. The largest absolute Gasteiger partial charge is 0.310 e. The number of aromatic nitrogens is 2. The van der Waals surface area contributed by atoms with E-state index in [1.807, 2.05) is 48.7 Å². The van der Waals surface area contributed by atoms with Crippen LogP contribution in [0.4, 0.5) is 5.82 Å². The van der Waals surface area contributed by atoms with E-state index in [0.717, 1.165) is 27.1 Å². The zero-order chi connectivity index (χ0) is 15.8. The summed E-state index contributed by atoms with van der Waals surface area (Å²) in [6, 6.07) is 18.0. The first-order chi connectivity index (χ1) is 11.2. The second-order valence-corrected chi connectivity index (χ2v) is 6.47. The van der Waals surface area contributed by atoms with Gasteiger partial charge in [-0.2, -0.15) is 5.10 Å². The number of fused-ring (bicyclic) bond motifs is 1. The molecule has 0 radical (unpaired) electrons. The number of benzene rings is 2. The summed E-state index contributed by atoms with van der Waals surface area (Å²) in [7, 11) is 0. The number of nitrogens with one attached hydrogen (secondary N) is 1. The van der Waals surface area contributed by atoms with Gasteiger partial charge in [-0.05, 0) is 29.8 Å². The molecule has 2 heterocycles. The maximum absolute atomic E-state index is 12.2. The maximum Gasteiger partial charge on any atom is 0.226 e. The van der Waals surface area contributed by atoms with Gasteiger partial charge in [-0.3, -0.25) is 4.79 Å². The minimum atomic E-state index is 0.0187. The van der Waals surface area contributed by atoms with Crippen molar-refractivity contribution in [2.24, 2.45) is 0 Å². The van der Waals surface area contributed by atoms with Crippen LogP contribution in [0.2, 0.25) is 0 Å². The first kappa shape index (κ1) is 14.2. The summed E-state index contributed by atoms with van der Waals surface area (Å²) in [5, 5.41) is 7.47. The van der Waals surface area contributed by atoms with Crippen LogP contribution in [0, 0.1) is 0 Å². The highest BCUT2D eigenvalue weighted by Gasteiger charge is 2.30. The summed E-state index contributed by atoms with van der Waals surface area (Å²) in [6.07, 6.45) is 2.30. The molecule has 23 heavy (non-hydrogen) atoms. The molecule has 1 aliphatic rings. The summed E-state index contributed by atoms with van der Waals surface area (Å²) in [5.74, 6) is 0.826. The molecule has 1 aliphatic heterocycles. The van der Waals surface area contributed by atoms with Gasteiger partial charge in [0.05, 0.1) is 11.9 Å². The van der Waals surface area contributed by atoms with Crippen LogP contribution in [0.1, 0.15) is 23.5 Å². The van der Waals surface area contributed by atoms with E-state index in [1.54, 1.807) is 4.68 Å². The van der Waals surface area contributed by atoms with Crippen LogP contribution in [-0.4, -0.2) is 15.7 Å². The predicted octanol–water partition coefficient (Wildman–Crippen LogP) is 4.11. The van der Waals surface area contributed by atoms with Crippen molar-refractivity contribution in [1.29, 1.82) is 0 Å². The van der Waals surface area contributed by atoms with E-state index in [2.05, 4.69) is 38.5 Å². The Morgan fingerprint density at radius 3 is 2.57 bits per heavy atom. The number of amides is 1. The SMILES string of the molecule is O=C1C[C@@H](c2ccccc2)c2cnn(-c3ccc(Br)cc3)c2N1. The van der Waals surface area contributed by atoms with Gasteiger partial charge in [-0.1, -0.05) is 46.3 Å². The lowest BCUT2D eigenvalue weighted by atomic mass is 9.87. The van der Waals surface area contributed by atoms with Crippen LogP contribution in [0.3, 0.4) is 0 Å². The minimum Gasteiger partial charge on any atom is -0.310 e. The summed E-state index contributed by atoms with van der Waals surface area (Å²) < 4.78 is 2.79. The zero-order valence-corrected chi connectivity index (χ0v) is 13.8. The van der Waals surface area contributed by atoms with Crippen LogP contribution in [0.15, 0.2) is 65.3 Å². The second kappa shape index (κ2) is 5.66. The van der Waals surface area contributed by atoms with Gasteiger partial charge in [0.1, 0.15) is 5.82 Å². The summed E-state index contributed by atoms with van der Waals surface area (Å²) >= 11 is 3.43. The Hall–Kier alpha value is -2.40. The molecular formula is C18H14BrN3O. The van der Waals surface area contributed by atoms with E-state index in [1.165, 1.54) is 0 Å². The molecule has 1 amide bonds. The van der Waals surface area contributed by atoms with E-state index < -0.39 is 0 Å². The first-order valence-electron chi connectivity index (χ1n) is 7.41. The number of carbonyl (C=O) groups is 1. The third kappa shape index (κ3) is 2.57. The molecule has 0 bridgehead atoms. The normalized spacial score (nSPS) is 16.7. The monoisotopic (exact) mass is 367 g/mol. The number of halogens is 1. The summed E-state index contributed by atoms with van der Waals surface area (Å²) in [4.78, 5) is 12.2. The molecule has 0 aliphatic carbocycles. The molecule has 0 unspecified atom stereocenters. The highest BCUT2D eigenvalue weighted by Crippen LogP contribution is 2.37. The average molecular weight is 368 g/mol. The molecule has 4 rings (SSSR count). The van der Waals surface area contributed by atoms with E-state index >= 15 is 0 Å². The average Bonchev–Trinajstić information content (AvgIpc) is 2.99. The molecule has 114 valence electrons. The predicted molar refractivity (Wildman–Crippen MR) is 92.8 cm³/mol. The highest BCUT2D eigenvalue weighted by atomic mass is 79.9. The van der Waals surface area contributed by atoms with Crippen molar-refractivity contribution in [1.82, 2.24) is 9.78 Å². The van der Waals surface area contributed by atoms with Gasteiger partial charge in [-0.15, -0.1) is 0 Å². The highest BCUT2D eigenvalue weighted by molar-refractivity contribution is 9.10. The van der Waals surface area contributed by atoms with Crippen molar-refractivity contribution >= 4 is 27.7 Å². The van der Waals surface area contributed by atoms with E-state index in [-0.39, 0.29) is 11.8 Å². The van der Waals surface area contributed by atoms with Crippen LogP contribution in [0.25, 0.3) is 5.69 Å². The summed E-state index contributed by atoms with van der Waals surface area (Å²) in [5.41, 5.74) is 3.11. The smallest absolute Gasteiger partial charge is 0.226 e. The number of carbonyl (C=O) groups excluding carboxylic acids is 1. The number of hydrogen-bond acceptors (Lipinski definition) is 2. The molecular weight excluding hydrogens is 354 g/mol. The Labute approximate surface area is 142 Å². The Kier molecular flexibility index (Phi) is 3.50. The van der Waals surface area contributed by atoms with Crippen LogP contribution >= 0.6 is 15.9 Å². The van der Waals surface area contributed by atoms with E-state index in [4.69, 9.17) is 0 Å². The van der Waals surface area contributed by atoms with Crippen molar-refractivity contribution < 1.29 is 4.79 Å². The number of rotatable bonds is 2. The van der Waals surface area contributed by atoms with Gasteiger partial charge < -0.3 is 5.32 Å². The van der Waals surface area contributed by atoms with Crippen molar-refractivity contribution in [2.75, 3.05) is 5.32 Å². The van der Waals surface area contributed by atoms with Crippen LogP contribution in [-0.2, 0) is 4.79 Å². The van der Waals surface area contributed by atoms with Gasteiger partial charge in [0.15, 0.2) is 0 Å². The van der Waals surface area contributed by atoms with Gasteiger partial charge in [0.2, 0.25) is 5.91 Å². The number of nitrogens with zero attached hydrogens (tertiary/aromatic N) is 2. The molecule has 2 aromatic carbocycles. The van der Waals surface area contributed by atoms with Crippen molar-refractivity contribution in [3.63, 3.8) is 0 Å². The topological polar surface area (TPSA) is 46.9 Å². The fourth-order valence-corrected chi connectivity index (χ4v) is 3.24. The van der Waals surface area contributed by atoms with Gasteiger partial charge >= 0.3 is 0 Å². The lowest BCUT2D eigenvalue weighted by Gasteiger charge is -2.23. The molecule has 1 N–H and O–H groups in total. The Morgan fingerprint density at radius 2 is 1.83 bits per heavy atom. The van der Waals surface area contributed by atoms with E-state index in [0.29, 0.717) is 6.42 Å². The van der Waals surface area contributed by atoms with Gasteiger partial charge in [0.25, 0.3) is 0 Å². The molecule has 0 saturated carbocycles. The minimum absolute atomic E-state index is 0.0187. The van der Waals surface area contributed by atoms with Gasteiger partial charge in [0, 0.05) is 22.4 Å². The molecule has 0 spiro atoms. The lowest BCUT2D eigenvalue weighted by Crippen LogP contribution is -2.24. The molecule has 4 nitrogen and oxygen atoms in total. The van der Waals surface area contributed by atoms with Crippen molar-refractivity contribution in [3.8, 4) is 5.69 Å². The third-order valence-electron chi connectivity index (χ3n) is 4.09. The van der Waals surface area contributed by atoms with E-state index in [9.17, 15) is 4.79 Å². The molecule has 0 saturated heterocycles. The Morgan fingerprint density at radius 1 is 1.09 bits per heavy atom. The Balaban J connectivity index is 1.81. The van der Waals surface area contributed by atoms with Crippen LogP contribution in [0.5, 0.6) is 0 Å². The number of anilines is 1. The number of hydrogen-bond donors (Lipinski definition) is 1. The fourth-order valence-electron chi connectivity index (χ4n) is 2.98. The maximum atomic E-state index is 12.2. The molecule has 3 aromatic rings. The van der Waals surface area contributed by atoms with Crippen LogP contribution < -0.4 is 5.32 Å². The quantitative estimate of drug-likeness (QED) is 0.740. The molecule has 0 fully saturated rings. The Bertz CT molecular complexity index is 856. The third-order valence-corrected chi connectivity index (χ3v) is 4.62. The van der Waals surface area contributed by atoms with Crippen molar-refractivity contribution in [3.05, 3.63) is 76.4 Å². The fraction of sp³-hybridized carbons (Fsp3) is 0.111. The second-order valence-electron chi connectivity index (χ2n) is 5.55.